The molecule has 0 bridgehead atoms. The van der Waals surface area contributed by atoms with Gasteiger partial charge in [0.2, 0.25) is 5.60 Å². The highest BCUT2D eigenvalue weighted by Gasteiger charge is 2.41. The lowest BCUT2D eigenvalue weighted by Gasteiger charge is -2.27. The normalized spacial score (nSPS) is 11.4. The molecule has 0 spiro atoms. The van der Waals surface area contributed by atoms with E-state index in [0.29, 0.717) is 22.5 Å². The monoisotopic (exact) mass is 464 g/mol. The number of rotatable bonds is 5. The molecule has 0 aliphatic rings. The lowest BCUT2D eigenvalue weighted by molar-refractivity contribution is -0.163. The van der Waals surface area contributed by atoms with Crippen molar-refractivity contribution >= 4 is 27.5 Å². The summed E-state index contributed by atoms with van der Waals surface area (Å²) in [5.41, 5.74) is -0.791. The molecule has 0 amide bonds. The van der Waals surface area contributed by atoms with E-state index in [1.165, 1.54) is 10.5 Å². The summed E-state index contributed by atoms with van der Waals surface area (Å²) in [7, 11) is 0. The molecule has 0 aliphatic carbocycles. The van der Waals surface area contributed by atoms with Crippen molar-refractivity contribution in [1.82, 2.24) is 9.38 Å². The van der Waals surface area contributed by atoms with Gasteiger partial charge in [-0.15, -0.1) is 0 Å². The summed E-state index contributed by atoms with van der Waals surface area (Å²) >= 11 is 3.32. The van der Waals surface area contributed by atoms with Crippen LogP contribution in [-0.4, -0.2) is 20.5 Å². The second kappa shape index (κ2) is 8.22. The van der Waals surface area contributed by atoms with Crippen LogP contribution in [0.3, 0.4) is 0 Å². The van der Waals surface area contributed by atoms with Crippen molar-refractivity contribution in [3.05, 3.63) is 117 Å². The number of pyridine rings is 1. The number of ether oxygens (including phenoxy) is 1. The molecule has 4 rings (SSSR count). The van der Waals surface area contributed by atoms with Crippen LogP contribution in [0.2, 0.25) is 0 Å². The Balaban J connectivity index is 1.65. The van der Waals surface area contributed by atoms with Crippen LogP contribution in [-0.2, 0) is 21.7 Å². The van der Waals surface area contributed by atoms with Crippen LogP contribution in [0.25, 0.3) is 5.65 Å². The number of carbonyl (C=O) groups excluding carboxylic acids is 1. The van der Waals surface area contributed by atoms with Gasteiger partial charge in [0.1, 0.15) is 12.3 Å². The summed E-state index contributed by atoms with van der Waals surface area (Å²) in [6.07, 6.45) is 1.62. The number of benzene rings is 2. The van der Waals surface area contributed by atoms with Crippen molar-refractivity contribution in [3.8, 4) is 0 Å². The quantitative estimate of drug-likeness (QED) is 0.457. The zero-order valence-electron chi connectivity index (χ0n) is 15.7. The Kier molecular flexibility index (Phi) is 5.48. The van der Waals surface area contributed by atoms with Crippen molar-refractivity contribution in [2.24, 2.45) is 0 Å². The van der Waals surface area contributed by atoms with Crippen LogP contribution in [0.15, 0.2) is 94.3 Å². The molecule has 0 aliphatic heterocycles. The standard InChI is InChI=1S/C23H17BrN2O4/c24-18-11-12-20-25-19(13-21(27)26(20)14-18)15-30-22(28)23(29,16-7-3-1-4-8-16)17-9-5-2-6-10-17/h1-14,29H,15H2. The molecule has 0 saturated carbocycles. The Morgan fingerprint density at radius 3 is 2.20 bits per heavy atom. The van der Waals surface area contributed by atoms with Crippen molar-refractivity contribution in [1.29, 1.82) is 0 Å². The Morgan fingerprint density at radius 2 is 1.60 bits per heavy atom. The summed E-state index contributed by atoms with van der Waals surface area (Å²) in [6, 6.07) is 21.9. The molecule has 2 heterocycles. The number of aromatic nitrogens is 2. The number of nitrogens with zero attached hydrogens (tertiary/aromatic N) is 2. The second-order valence-corrected chi connectivity index (χ2v) is 7.60. The molecule has 4 aromatic rings. The van der Waals surface area contributed by atoms with E-state index < -0.39 is 11.6 Å². The minimum Gasteiger partial charge on any atom is -0.457 e. The molecule has 7 heteroatoms. The van der Waals surface area contributed by atoms with Crippen molar-refractivity contribution in [2.45, 2.75) is 12.2 Å². The van der Waals surface area contributed by atoms with Crippen LogP contribution >= 0.6 is 15.9 Å². The molecule has 30 heavy (non-hydrogen) atoms. The SMILES string of the molecule is O=C(OCc1cc(=O)n2cc(Br)ccc2n1)C(O)(c1ccccc1)c1ccccc1. The first-order valence-electron chi connectivity index (χ1n) is 9.17. The maximum Gasteiger partial charge on any atom is 0.348 e. The van der Waals surface area contributed by atoms with Gasteiger partial charge in [-0.25, -0.2) is 9.78 Å². The third-order valence-electron chi connectivity index (χ3n) is 4.71. The Morgan fingerprint density at radius 1 is 1.00 bits per heavy atom. The third-order valence-corrected chi connectivity index (χ3v) is 5.18. The number of aliphatic hydroxyl groups is 1. The first kappa shape index (κ1) is 20.0. The summed E-state index contributed by atoms with van der Waals surface area (Å²) in [4.78, 5) is 29.8. The molecule has 1 N–H and O–H groups in total. The third kappa shape index (κ3) is 3.77. The van der Waals surface area contributed by atoms with Crippen LogP contribution in [0.4, 0.5) is 0 Å². The van der Waals surface area contributed by atoms with Crippen molar-refractivity contribution in [3.63, 3.8) is 0 Å². The highest BCUT2D eigenvalue weighted by molar-refractivity contribution is 9.10. The molecule has 0 radical (unpaired) electrons. The molecule has 2 aromatic heterocycles. The summed E-state index contributed by atoms with van der Waals surface area (Å²) in [6.45, 7) is -0.247. The molecular formula is C23H17BrN2O4. The van der Waals surface area contributed by atoms with Crippen LogP contribution in [0.5, 0.6) is 0 Å². The number of hydrogen-bond acceptors (Lipinski definition) is 5. The van der Waals surface area contributed by atoms with Gasteiger partial charge in [-0.2, -0.15) is 0 Å². The van der Waals surface area contributed by atoms with Gasteiger partial charge >= 0.3 is 5.97 Å². The highest BCUT2D eigenvalue weighted by Crippen LogP contribution is 2.31. The van der Waals surface area contributed by atoms with E-state index in [4.69, 9.17) is 4.74 Å². The average molecular weight is 465 g/mol. The van der Waals surface area contributed by atoms with Crippen LogP contribution in [0, 0.1) is 0 Å². The fourth-order valence-corrected chi connectivity index (χ4v) is 3.54. The zero-order chi connectivity index (χ0) is 21.1. The Hall–Kier alpha value is -3.29. The topological polar surface area (TPSA) is 80.9 Å². The number of esters is 1. The zero-order valence-corrected chi connectivity index (χ0v) is 17.3. The minimum atomic E-state index is -1.99. The number of carbonyl (C=O) groups is 1. The number of halogens is 1. The van der Waals surface area contributed by atoms with Gasteiger partial charge in [0, 0.05) is 16.7 Å². The minimum absolute atomic E-state index is 0.247. The molecule has 2 aromatic carbocycles. The van der Waals surface area contributed by atoms with Crippen molar-refractivity contribution in [2.75, 3.05) is 0 Å². The highest BCUT2D eigenvalue weighted by atomic mass is 79.9. The van der Waals surface area contributed by atoms with Gasteiger partial charge < -0.3 is 9.84 Å². The first-order chi connectivity index (χ1) is 14.5. The van der Waals surface area contributed by atoms with Gasteiger partial charge in [-0.05, 0) is 39.2 Å². The summed E-state index contributed by atoms with van der Waals surface area (Å²) in [5, 5.41) is 11.4. The second-order valence-electron chi connectivity index (χ2n) is 6.68. The summed E-state index contributed by atoms with van der Waals surface area (Å²) < 4.78 is 7.55. The van der Waals surface area contributed by atoms with Crippen LogP contribution < -0.4 is 5.56 Å². The van der Waals surface area contributed by atoms with E-state index in [0.717, 1.165) is 4.47 Å². The van der Waals surface area contributed by atoms with E-state index in [-0.39, 0.29) is 12.2 Å². The molecule has 0 fully saturated rings. The predicted molar refractivity (Wildman–Crippen MR) is 115 cm³/mol. The first-order valence-corrected chi connectivity index (χ1v) is 9.96. The number of hydrogen-bond donors (Lipinski definition) is 1. The molecule has 0 unspecified atom stereocenters. The predicted octanol–water partition coefficient (Wildman–Crippen LogP) is 3.44. The van der Waals surface area contributed by atoms with Gasteiger partial charge in [0.25, 0.3) is 5.56 Å². The molecule has 6 nitrogen and oxygen atoms in total. The maximum atomic E-state index is 13.0. The van der Waals surface area contributed by atoms with E-state index in [2.05, 4.69) is 20.9 Å². The van der Waals surface area contributed by atoms with Gasteiger partial charge in [-0.3, -0.25) is 9.20 Å². The lowest BCUT2D eigenvalue weighted by Crippen LogP contribution is -2.38. The lowest BCUT2D eigenvalue weighted by atomic mass is 9.86. The van der Waals surface area contributed by atoms with E-state index in [1.807, 2.05) is 0 Å². The van der Waals surface area contributed by atoms with E-state index in [9.17, 15) is 14.7 Å². The fraction of sp³-hybridized carbons (Fsp3) is 0.0870. The number of fused-ring (bicyclic) bond motifs is 1. The average Bonchev–Trinajstić information content (AvgIpc) is 2.78. The van der Waals surface area contributed by atoms with Gasteiger partial charge in [0.15, 0.2) is 0 Å². The fourth-order valence-electron chi connectivity index (χ4n) is 3.21. The molecular weight excluding hydrogens is 448 g/mol. The molecule has 0 atom stereocenters. The van der Waals surface area contributed by atoms with Gasteiger partial charge in [-0.1, -0.05) is 60.7 Å². The Labute approximate surface area is 180 Å². The van der Waals surface area contributed by atoms with Crippen molar-refractivity contribution < 1.29 is 14.6 Å². The van der Waals surface area contributed by atoms with Crippen LogP contribution in [0.1, 0.15) is 16.8 Å². The van der Waals surface area contributed by atoms with E-state index in [1.54, 1.807) is 79.0 Å². The Bertz CT molecular complexity index is 1220. The smallest absolute Gasteiger partial charge is 0.348 e. The summed E-state index contributed by atoms with van der Waals surface area (Å²) in [5.74, 6) is -0.849. The molecule has 0 saturated heterocycles. The maximum absolute atomic E-state index is 13.0. The van der Waals surface area contributed by atoms with E-state index >= 15 is 0 Å². The molecule has 150 valence electrons. The van der Waals surface area contributed by atoms with Gasteiger partial charge in [0.05, 0.1) is 5.69 Å². The largest absolute Gasteiger partial charge is 0.457 e.